The summed E-state index contributed by atoms with van der Waals surface area (Å²) in [4.78, 5) is 21.6. The zero-order valence-corrected chi connectivity index (χ0v) is 8.74. The number of nitrogens with one attached hydrogen (secondary N) is 1. The van der Waals surface area contributed by atoms with Crippen molar-refractivity contribution >= 4 is 11.9 Å². The molecule has 0 bridgehead atoms. The lowest BCUT2D eigenvalue weighted by molar-refractivity contribution is -0.141. The predicted octanol–water partition coefficient (Wildman–Crippen LogP) is 0.957. The van der Waals surface area contributed by atoms with Crippen LogP contribution in [0.1, 0.15) is 12.5 Å². The lowest BCUT2D eigenvalue weighted by atomic mass is 10.1. The first kappa shape index (κ1) is 12.2. The van der Waals surface area contributed by atoms with Crippen molar-refractivity contribution in [2.24, 2.45) is 0 Å². The number of hydrogen-bond donors (Lipinski definition) is 2. The minimum Gasteiger partial charge on any atom is -0.480 e. The Balaban J connectivity index is 2.75. The highest BCUT2D eigenvalue weighted by Gasteiger charge is 2.18. The molecule has 0 fully saturated rings. The molecule has 2 N–H and O–H groups in total. The summed E-state index contributed by atoms with van der Waals surface area (Å²) in [5, 5.41) is 11.1. The van der Waals surface area contributed by atoms with Crippen LogP contribution >= 0.6 is 0 Å². The van der Waals surface area contributed by atoms with Gasteiger partial charge in [-0.2, -0.15) is 0 Å². The Kier molecular flexibility index (Phi) is 3.99. The second-order valence-corrected chi connectivity index (χ2v) is 3.43. The number of aliphatic carboxylic acids is 1. The summed E-state index contributed by atoms with van der Waals surface area (Å²) in [6.45, 7) is 1.24. The van der Waals surface area contributed by atoms with Crippen LogP contribution in [-0.4, -0.2) is 23.0 Å². The van der Waals surface area contributed by atoms with Crippen molar-refractivity contribution in [1.29, 1.82) is 0 Å². The first-order valence-corrected chi connectivity index (χ1v) is 4.73. The molecule has 1 atom stereocenters. The van der Waals surface area contributed by atoms with Crippen molar-refractivity contribution in [2.75, 3.05) is 0 Å². The fourth-order valence-corrected chi connectivity index (χ4v) is 1.35. The van der Waals surface area contributed by atoms with Gasteiger partial charge in [-0.3, -0.25) is 4.79 Å². The summed E-state index contributed by atoms with van der Waals surface area (Å²) in [5.41, 5.74) is 0.529. The van der Waals surface area contributed by atoms with Gasteiger partial charge in [-0.05, 0) is 17.7 Å². The van der Waals surface area contributed by atoms with E-state index < -0.39 is 23.7 Å². The molecule has 0 unspecified atom stereocenters. The van der Waals surface area contributed by atoms with E-state index in [9.17, 15) is 14.0 Å². The van der Waals surface area contributed by atoms with E-state index in [1.807, 2.05) is 0 Å². The van der Waals surface area contributed by atoms with Crippen molar-refractivity contribution in [3.05, 3.63) is 35.6 Å². The zero-order valence-electron chi connectivity index (χ0n) is 8.74. The summed E-state index contributed by atoms with van der Waals surface area (Å²) in [5.74, 6) is -1.99. The molecule has 0 radical (unpaired) electrons. The second kappa shape index (κ2) is 5.25. The fourth-order valence-electron chi connectivity index (χ4n) is 1.35. The van der Waals surface area contributed by atoms with Crippen LogP contribution in [0.3, 0.4) is 0 Å². The van der Waals surface area contributed by atoms with Crippen molar-refractivity contribution in [1.82, 2.24) is 5.32 Å². The van der Waals surface area contributed by atoms with Crippen LogP contribution in [0, 0.1) is 5.82 Å². The summed E-state index contributed by atoms with van der Waals surface area (Å²) in [6.07, 6.45) is 0.0622. The molecule has 0 spiro atoms. The summed E-state index contributed by atoms with van der Waals surface area (Å²) in [6, 6.07) is 4.60. The third-order valence-electron chi connectivity index (χ3n) is 2.00. The quantitative estimate of drug-likeness (QED) is 0.802. The number of halogens is 1. The van der Waals surface area contributed by atoms with Gasteiger partial charge in [0.1, 0.15) is 11.9 Å². The molecule has 1 aromatic carbocycles. The van der Waals surface area contributed by atoms with E-state index in [-0.39, 0.29) is 6.42 Å². The van der Waals surface area contributed by atoms with Gasteiger partial charge in [0, 0.05) is 13.3 Å². The molecule has 0 aliphatic rings. The number of carbonyl (C=O) groups excluding carboxylic acids is 1. The molecule has 5 heteroatoms. The highest BCUT2D eigenvalue weighted by molar-refractivity contribution is 5.82. The van der Waals surface area contributed by atoms with Gasteiger partial charge >= 0.3 is 5.97 Å². The van der Waals surface area contributed by atoms with Crippen LogP contribution in [0.15, 0.2) is 24.3 Å². The normalized spacial score (nSPS) is 11.9. The van der Waals surface area contributed by atoms with Crippen molar-refractivity contribution in [3.63, 3.8) is 0 Å². The Morgan fingerprint density at radius 3 is 2.69 bits per heavy atom. The molecule has 0 heterocycles. The average molecular weight is 225 g/mol. The fraction of sp³-hybridized carbons (Fsp3) is 0.273. The molecule has 0 saturated heterocycles. The maximum absolute atomic E-state index is 12.8. The lowest BCUT2D eigenvalue weighted by Crippen LogP contribution is -2.41. The summed E-state index contributed by atoms with van der Waals surface area (Å²) >= 11 is 0. The third kappa shape index (κ3) is 3.68. The number of carboxylic acid groups (broad SMARTS) is 1. The highest BCUT2D eigenvalue weighted by Crippen LogP contribution is 2.06. The Labute approximate surface area is 92.1 Å². The van der Waals surface area contributed by atoms with Crippen LogP contribution in [0.5, 0.6) is 0 Å². The molecule has 1 amide bonds. The van der Waals surface area contributed by atoms with Crippen LogP contribution in [0.25, 0.3) is 0 Å². The second-order valence-electron chi connectivity index (χ2n) is 3.43. The van der Waals surface area contributed by atoms with Crippen molar-refractivity contribution in [2.45, 2.75) is 19.4 Å². The summed E-state index contributed by atoms with van der Waals surface area (Å²) < 4.78 is 12.8. The number of amides is 1. The van der Waals surface area contributed by atoms with E-state index >= 15 is 0 Å². The number of benzene rings is 1. The largest absolute Gasteiger partial charge is 0.480 e. The van der Waals surface area contributed by atoms with Gasteiger partial charge in [0.25, 0.3) is 0 Å². The smallest absolute Gasteiger partial charge is 0.326 e. The Morgan fingerprint density at radius 2 is 2.19 bits per heavy atom. The molecule has 4 nitrogen and oxygen atoms in total. The molecule has 1 aromatic rings. The standard InChI is InChI=1S/C11H12FNO3/c1-7(14)13-10(11(15)16)6-8-3-2-4-9(12)5-8/h2-5,10H,6H2,1H3,(H,13,14)(H,15,16)/t10-/m1/s1. The molecule has 0 aliphatic carbocycles. The molecule has 0 aromatic heterocycles. The van der Waals surface area contributed by atoms with E-state index in [0.717, 1.165) is 0 Å². The van der Waals surface area contributed by atoms with Gasteiger partial charge in [-0.15, -0.1) is 0 Å². The minimum atomic E-state index is -1.14. The molecule has 86 valence electrons. The van der Waals surface area contributed by atoms with E-state index in [1.165, 1.54) is 25.1 Å². The predicted molar refractivity (Wildman–Crippen MR) is 55.3 cm³/mol. The monoisotopic (exact) mass is 225 g/mol. The maximum Gasteiger partial charge on any atom is 0.326 e. The van der Waals surface area contributed by atoms with Gasteiger partial charge in [0.15, 0.2) is 0 Å². The number of hydrogen-bond acceptors (Lipinski definition) is 2. The van der Waals surface area contributed by atoms with Crippen LogP contribution in [-0.2, 0) is 16.0 Å². The Morgan fingerprint density at radius 1 is 1.50 bits per heavy atom. The van der Waals surface area contributed by atoms with Crippen molar-refractivity contribution < 1.29 is 19.1 Å². The maximum atomic E-state index is 12.8. The molecular weight excluding hydrogens is 213 g/mol. The van der Waals surface area contributed by atoms with Gasteiger partial charge in [0.05, 0.1) is 0 Å². The van der Waals surface area contributed by atoms with Crippen LogP contribution in [0.4, 0.5) is 4.39 Å². The van der Waals surface area contributed by atoms with E-state index in [0.29, 0.717) is 5.56 Å². The first-order chi connectivity index (χ1) is 7.49. The van der Waals surface area contributed by atoms with E-state index in [4.69, 9.17) is 5.11 Å². The summed E-state index contributed by atoms with van der Waals surface area (Å²) in [7, 11) is 0. The zero-order chi connectivity index (χ0) is 12.1. The first-order valence-electron chi connectivity index (χ1n) is 4.73. The van der Waals surface area contributed by atoms with Gasteiger partial charge in [0.2, 0.25) is 5.91 Å². The van der Waals surface area contributed by atoms with E-state index in [2.05, 4.69) is 5.32 Å². The Bertz CT molecular complexity index is 406. The van der Waals surface area contributed by atoms with Crippen LogP contribution < -0.4 is 5.32 Å². The average Bonchev–Trinajstić information content (AvgIpc) is 2.15. The number of carbonyl (C=O) groups is 2. The molecular formula is C11H12FNO3. The number of rotatable bonds is 4. The molecule has 0 aliphatic heterocycles. The third-order valence-corrected chi connectivity index (χ3v) is 2.00. The molecule has 16 heavy (non-hydrogen) atoms. The van der Waals surface area contributed by atoms with Gasteiger partial charge < -0.3 is 10.4 Å². The topological polar surface area (TPSA) is 66.4 Å². The van der Waals surface area contributed by atoms with Gasteiger partial charge in [-0.25, -0.2) is 9.18 Å². The van der Waals surface area contributed by atoms with Crippen LogP contribution in [0.2, 0.25) is 0 Å². The SMILES string of the molecule is CC(=O)N[C@H](Cc1cccc(F)c1)C(=O)O. The van der Waals surface area contributed by atoms with E-state index in [1.54, 1.807) is 6.07 Å². The van der Waals surface area contributed by atoms with Gasteiger partial charge in [-0.1, -0.05) is 12.1 Å². The highest BCUT2D eigenvalue weighted by atomic mass is 19.1. The lowest BCUT2D eigenvalue weighted by Gasteiger charge is -2.12. The Hall–Kier alpha value is -1.91. The van der Waals surface area contributed by atoms with Crippen molar-refractivity contribution in [3.8, 4) is 0 Å². The molecule has 0 saturated carbocycles. The molecule has 1 rings (SSSR count). The number of carboxylic acids is 1. The minimum absolute atomic E-state index is 0.0622.